The number of aliphatic hydroxyl groups is 1. The highest BCUT2D eigenvalue weighted by atomic mass is 32.1. The Labute approximate surface area is 199 Å². The zero-order chi connectivity index (χ0) is 23.7. The number of fused-ring (bicyclic) bond motifs is 2. The van der Waals surface area contributed by atoms with Crippen LogP contribution in [0.15, 0.2) is 90.3 Å². The van der Waals surface area contributed by atoms with Crippen LogP contribution in [-0.4, -0.2) is 22.2 Å². The van der Waals surface area contributed by atoms with Crippen LogP contribution >= 0.6 is 11.3 Å². The van der Waals surface area contributed by atoms with E-state index in [0.717, 1.165) is 21.7 Å². The van der Waals surface area contributed by atoms with Crippen molar-refractivity contribution in [1.82, 2.24) is 0 Å². The average Bonchev–Trinajstić information content (AvgIpc) is 3.34. The van der Waals surface area contributed by atoms with E-state index in [2.05, 4.69) is 0 Å². The topological polar surface area (TPSA) is 83.8 Å². The molecule has 1 unspecified atom stereocenters. The number of hydrogen-bond donors (Lipinski definition) is 2. The summed E-state index contributed by atoms with van der Waals surface area (Å²) in [7, 11) is 0. The molecule has 4 aromatic carbocycles. The minimum absolute atomic E-state index is 0.160. The van der Waals surface area contributed by atoms with Crippen LogP contribution in [0.4, 0.5) is 0 Å². The lowest BCUT2D eigenvalue weighted by Gasteiger charge is -2.13. The number of carbonyl (C=O) groups is 2. The van der Waals surface area contributed by atoms with Gasteiger partial charge in [-0.3, -0.25) is 0 Å². The second kappa shape index (κ2) is 9.09. The van der Waals surface area contributed by atoms with Crippen molar-refractivity contribution in [3.8, 4) is 0 Å². The standard InChI is InChI=1S/C28H20O5S/c29-26(19-4-6-20(7-5-19)27(30)31)22-8-2-18-3-9-23(15-24(18)14-22)28(32)33-16-17-1-10-25-21(13-17)11-12-34-25/h1-15,26,29H,16H2,(H,30,31). The van der Waals surface area contributed by atoms with Gasteiger partial charge in [0.15, 0.2) is 0 Å². The van der Waals surface area contributed by atoms with Crippen LogP contribution in [0, 0.1) is 0 Å². The molecule has 0 aliphatic heterocycles. The monoisotopic (exact) mass is 468 g/mol. The summed E-state index contributed by atoms with van der Waals surface area (Å²) in [6.07, 6.45) is -0.921. The third-order valence-electron chi connectivity index (χ3n) is 5.78. The molecule has 0 aliphatic rings. The Bertz CT molecular complexity index is 1520. The van der Waals surface area contributed by atoms with Gasteiger partial charge in [-0.05, 0) is 86.8 Å². The molecule has 5 rings (SSSR count). The molecule has 0 spiro atoms. The Morgan fingerprint density at radius 1 is 0.765 bits per heavy atom. The van der Waals surface area contributed by atoms with E-state index in [0.29, 0.717) is 16.7 Å². The number of thiophene rings is 1. The molecule has 0 fully saturated rings. The van der Waals surface area contributed by atoms with Gasteiger partial charge in [0.1, 0.15) is 12.7 Å². The molecule has 0 saturated heterocycles. The minimum atomic E-state index is -1.02. The third-order valence-corrected chi connectivity index (χ3v) is 6.67. The van der Waals surface area contributed by atoms with Crippen LogP contribution in [0.1, 0.15) is 43.5 Å². The number of carboxylic acid groups (broad SMARTS) is 1. The molecule has 0 radical (unpaired) electrons. The number of ether oxygens (including phenoxy) is 1. The van der Waals surface area contributed by atoms with Gasteiger partial charge in [-0.15, -0.1) is 11.3 Å². The number of carbonyl (C=O) groups excluding carboxylic acids is 1. The van der Waals surface area contributed by atoms with Gasteiger partial charge in [0, 0.05) is 4.70 Å². The second-order valence-electron chi connectivity index (χ2n) is 8.02. The van der Waals surface area contributed by atoms with E-state index in [1.807, 2.05) is 53.9 Å². The molecule has 168 valence electrons. The highest BCUT2D eigenvalue weighted by Crippen LogP contribution is 2.27. The molecule has 0 amide bonds. The van der Waals surface area contributed by atoms with Crippen molar-refractivity contribution in [3.05, 3.63) is 118 Å². The summed E-state index contributed by atoms with van der Waals surface area (Å²) < 4.78 is 6.73. The fraction of sp³-hybridized carbons (Fsp3) is 0.0714. The second-order valence-corrected chi connectivity index (χ2v) is 8.97. The van der Waals surface area contributed by atoms with Crippen LogP contribution in [0.25, 0.3) is 20.9 Å². The zero-order valence-corrected chi connectivity index (χ0v) is 18.8. The maximum atomic E-state index is 12.7. The largest absolute Gasteiger partial charge is 0.478 e. The van der Waals surface area contributed by atoms with Crippen LogP contribution in [0.5, 0.6) is 0 Å². The fourth-order valence-corrected chi connectivity index (χ4v) is 4.67. The van der Waals surface area contributed by atoms with Gasteiger partial charge in [-0.1, -0.05) is 36.4 Å². The van der Waals surface area contributed by atoms with Crippen molar-refractivity contribution < 1.29 is 24.5 Å². The van der Waals surface area contributed by atoms with E-state index in [1.54, 1.807) is 35.6 Å². The third kappa shape index (κ3) is 4.41. The molecule has 6 heteroatoms. The maximum Gasteiger partial charge on any atom is 0.338 e. The molecule has 1 atom stereocenters. The molecule has 5 nitrogen and oxygen atoms in total. The summed E-state index contributed by atoms with van der Waals surface area (Å²) in [5.41, 5.74) is 2.75. The maximum absolute atomic E-state index is 12.7. The first-order chi connectivity index (χ1) is 16.5. The summed E-state index contributed by atoms with van der Waals surface area (Å²) in [4.78, 5) is 23.7. The summed E-state index contributed by atoms with van der Waals surface area (Å²) in [6, 6.07) is 25.0. The van der Waals surface area contributed by atoms with Crippen LogP contribution in [0.3, 0.4) is 0 Å². The van der Waals surface area contributed by atoms with Crippen molar-refractivity contribution in [2.75, 3.05) is 0 Å². The Kier molecular flexibility index (Phi) is 5.84. The highest BCUT2D eigenvalue weighted by molar-refractivity contribution is 7.17. The Morgan fingerprint density at radius 3 is 2.29 bits per heavy atom. The molecular weight excluding hydrogens is 448 g/mol. The van der Waals surface area contributed by atoms with E-state index in [4.69, 9.17) is 9.84 Å². The smallest absolute Gasteiger partial charge is 0.338 e. The number of benzene rings is 4. The van der Waals surface area contributed by atoms with Gasteiger partial charge in [-0.2, -0.15) is 0 Å². The predicted molar refractivity (Wildman–Crippen MR) is 132 cm³/mol. The fourth-order valence-electron chi connectivity index (χ4n) is 3.90. The van der Waals surface area contributed by atoms with Crippen molar-refractivity contribution in [2.45, 2.75) is 12.7 Å². The number of carboxylic acids is 1. The highest BCUT2D eigenvalue weighted by Gasteiger charge is 2.14. The quantitative estimate of drug-likeness (QED) is 0.290. The number of aromatic carboxylic acids is 1. The van der Waals surface area contributed by atoms with Gasteiger partial charge >= 0.3 is 11.9 Å². The number of hydrogen-bond acceptors (Lipinski definition) is 5. The molecule has 1 heterocycles. The van der Waals surface area contributed by atoms with Gasteiger partial charge < -0.3 is 14.9 Å². The minimum Gasteiger partial charge on any atom is -0.478 e. The molecular formula is C28H20O5S. The summed E-state index contributed by atoms with van der Waals surface area (Å²) in [5, 5.41) is 24.7. The molecule has 0 aliphatic carbocycles. The van der Waals surface area contributed by atoms with Gasteiger partial charge in [0.25, 0.3) is 0 Å². The molecule has 0 saturated carbocycles. The van der Waals surface area contributed by atoms with Gasteiger partial charge in [0.05, 0.1) is 11.1 Å². The van der Waals surface area contributed by atoms with Crippen LogP contribution in [0.2, 0.25) is 0 Å². The van der Waals surface area contributed by atoms with Crippen molar-refractivity contribution in [1.29, 1.82) is 0 Å². The lowest BCUT2D eigenvalue weighted by molar-refractivity contribution is 0.0472. The summed E-state index contributed by atoms with van der Waals surface area (Å²) in [5.74, 6) is -1.43. The normalized spacial score (nSPS) is 12.0. The van der Waals surface area contributed by atoms with E-state index in [-0.39, 0.29) is 12.2 Å². The number of esters is 1. The summed E-state index contributed by atoms with van der Waals surface area (Å²) in [6.45, 7) is 0.188. The zero-order valence-electron chi connectivity index (χ0n) is 18.0. The molecule has 1 aromatic heterocycles. The van der Waals surface area contributed by atoms with Crippen LogP contribution < -0.4 is 0 Å². The van der Waals surface area contributed by atoms with Crippen molar-refractivity contribution >= 4 is 44.1 Å². The first-order valence-corrected chi connectivity index (χ1v) is 11.5. The van der Waals surface area contributed by atoms with Crippen molar-refractivity contribution in [2.24, 2.45) is 0 Å². The van der Waals surface area contributed by atoms with Crippen molar-refractivity contribution in [3.63, 3.8) is 0 Å². The van der Waals surface area contributed by atoms with Gasteiger partial charge in [0.2, 0.25) is 0 Å². The predicted octanol–water partition coefficient (Wildman–Crippen LogP) is 6.19. The SMILES string of the molecule is O=C(O)c1ccc(C(O)c2ccc3ccc(C(=O)OCc4ccc5sccc5c4)cc3c2)cc1. The molecule has 5 aromatic rings. The Balaban J connectivity index is 1.34. The molecule has 2 N–H and O–H groups in total. The van der Waals surface area contributed by atoms with E-state index in [1.165, 1.54) is 16.8 Å². The van der Waals surface area contributed by atoms with E-state index < -0.39 is 18.0 Å². The average molecular weight is 469 g/mol. The first kappa shape index (κ1) is 21.8. The molecule has 34 heavy (non-hydrogen) atoms. The Morgan fingerprint density at radius 2 is 1.50 bits per heavy atom. The lowest BCUT2D eigenvalue weighted by Crippen LogP contribution is -2.05. The summed E-state index contributed by atoms with van der Waals surface area (Å²) >= 11 is 1.67. The molecule has 0 bridgehead atoms. The first-order valence-electron chi connectivity index (χ1n) is 10.7. The number of rotatable bonds is 6. The Hall–Kier alpha value is -4.00. The van der Waals surface area contributed by atoms with Crippen LogP contribution in [-0.2, 0) is 11.3 Å². The van der Waals surface area contributed by atoms with E-state index >= 15 is 0 Å². The lowest BCUT2D eigenvalue weighted by atomic mass is 9.97. The van der Waals surface area contributed by atoms with E-state index in [9.17, 15) is 14.7 Å². The number of aliphatic hydroxyl groups excluding tert-OH is 1. The van der Waals surface area contributed by atoms with Gasteiger partial charge in [-0.25, -0.2) is 9.59 Å².